The van der Waals surface area contributed by atoms with E-state index in [0.717, 1.165) is 12.0 Å². The maximum Gasteiger partial charge on any atom is 0.267 e. The van der Waals surface area contributed by atoms with Gasteiger partial charge in [-0.25, -0.2) is 4.98 Å². The van der Waals surface area contributed by atoms with Crippen molar-refractivity contribution in [3.63, 3.8) is 0 Å². The minimum absolute atomic E-state index is 0.173. The first-order valence-electron chi connectivity index (χ1n) is 8.76. The van der Waals surface area contributed by atoms with E-state index >= 15 is 0 Å². The number of aryl methyl sites for hydroxylation is 2. The van der Waals surface area contributed by atoms with E-state index < -0.39 is 0 Å². The second-order valence-electron chi connectivity index (χ2n) is 6.71. The van der Waals surface area contributed by atoms with Crippen LogP contribution in [0.1, 0.15) is 36.3 Å². The lowest BCUT2D eigenvalue weighted by atomic mass is 10.3. The van der Waals surface area contributed by atoms with Crippen molar-refractivity contribution in [3.8, 4) is 0 Å². The Morgan fingerprint density at radius 1 is 1.35 bits per heavy atom. The topological polar surface area (TPSA) is 77.6 Å². The first-order valence-corrected chi connectivity index (χ1v) is 8.76. The number of aromatic nitrogens is 3. The molecule has 138 valence electrons. The van der Waals surface area contributed by atoms with Crippen LogP contribution in [0.3, 0.4) is 0 Å². The number of ether oxygens (including phenoxy) is 1. The van der Waals surface area contributed by atoms with Gasteiger partial charge in [0.25, 0.3) is 11.5 Å². The fourth-order valence-electron chi connectivity index (χ4n) is 2.88. The third-order valence-corrected chi connectivity index (χ3v) is 4.24. The molecule has 7 nitrogen and oxygen atoms in total. The number of hydrogen-bond acceptors (Lipinski definition) is 4. The molecular formula is C19H24N4O3. The molecule has 3 heterocycles. The third-order valence-electron chi connectivity index (χ3n) is 4.24. The predicted octanol–water partition coefficient (Wildman–Crippen LogP) is 2.04. The van der Waals surface area contributed by atoms with Gasteiger partial charge in [-0.05, 0) is 44.9 Å². The summed E-state index contributed by atoms with van der Waals surface area (Å²) in [5.41, 5.74) is 2.29. The maximum absolute atomic E-state index is 12.8. The minimum atomic E-state index is -0.223. The van der Waals surface area contributed by atoms with Gasteiger partial charge in [-0.2, -0.15) is 0 Å². The highest BCUT2D eigenvalue weighted by Crippen LogP contribution is 2.15. The zero-order valence-corrected chi connectivity index (χ0v) is 15.6. The molecule has 0 spiro atoms. The van der Waals surface area contributed by atoms with Crippen LogP contribution in [-0.4, -0.2) is 39.1 Å². The molecule has 0 atom stereocenters. The van der Waals surface area contributed by atoms with Gasteiger partial charge in [0.2, 0.25) is 0 Å². The minimum Gasteiger partial charge on any atom is -0.379 e. The van der Waals surface area contributed by atoms with Crippen molar-refractivity contribution in [3.05, 3.63) is 46.0 Å². The summed E-state index contributed by atoms with van der Waals surface area (Å²) >= 11 is 0. The van der Waals surface area contributed by atoms with E-state index in [9.17, 15) is 9.59 Å². The highest BCUT2D eigenvalue weighted by Gasteiger charge is 2.17. The molecule has 3 rings (SSSR count). The molecule has 0 bridgehead atoms. The van der Waals surface area contributed by atoms with Crippen molar-refractivity contribution in [2.45, 2.75) is 33.3 Å². The third kappa shape index (κ3) is 3.48. The van der Waals surface area contributed by atoms with Crippen LogP contribution in [0.4, 0.5) is 0 Å². The standard InChI is InChI=1S/C19H24N4O3/c1-12(2)26-9-5-8-20-18(24)15-10-14-17(22(15)4)21-16-7-6-13(3)11-23(16)19(14)25/h6-7,10-12H,5,8-9H2,1-4H3,(H,20,24). The Bertz CT molecular complexity index is 1020. The Morgan fingerprint density at radius 3 is 2.85 bits per heavy atom. The lowest BCUT2D eigenvalue weighted by Crippen LogP contribution is -2.27. The molecule has 3 aromatic rings. The van der Waals surface area contributed by atoms with E-state index in [0.29, 0.717) is 35.5 Å². The number of nitrogens with zero attached hydrogens (tertiary/aromatic N) is 3. The Morgan fingerprint density at radius 2 is 2.12 bits per heavy atom. The summed E-state index contributed by atoms with van der Waals surface area (Å²) in [6, 6.07) is 5.32. The molecule has 0 aliphatic rings. The van der Waals surface area contributed by atoms with Crippen LogP contribution in [0.15, 0.2) is 29.2 Å². The van der Waals surface area contributed by atoms with E-state index in [1.54, 1.807) is 29.9 Å². The second kappa shape index (κ2) is 7.29. The number of carbonyl (C=O) groups is 1. The molecule has 0 aromatic carbocycles. The number of nitrogens with one attached hydrogen (secondary N) is 1. The number of amides is 1. The molecule has 1 amide bonds. The summed E-state index contributed by atoms with van der Waals surface area (Å²) in [5.74, 6) is -0.223. The predicted molar refractivity (Wildman–Crippen MR) is 101 cm³/mol. The number of carbonyl (C=O) groups excluding carboxylic acids is 1. The summed E-state index contributed by atoms with van der Waals surface area (Å²) in [7, 11) is 1.75. The monoisotopic (exact) mass is 356 g/mol. The molecule has 0 saturated carbocycles. The summed E-state index contributed by atoms with van der Waals surface area (Å²) in [5, 5.41) is 3.30. The maximum atomic E-state index is 12.8. The Kier molecular flexibility index (Phi) is 5.08. The van der Waals surface area contributed by atoms with Gasteiger partial charge in [0.15, 0.2) is 0 Å². The van der Waals surface area contributed by atoms with Gasteiger partial charge in [-0.15, -0.1) is 0 Å². The summed E-state index contributed by atoms with van der Waals surface area (Å²) in [6.07, 6.45) is 2.67. The van der Waals surface area contributed by atoms with Crippen LogP contribution >= 0.6 is 0 Å². The molecule has 1 N–H and O–H groups in total. The number of rotatable bonds is 6. The number of pyridine rings is 1. The lowest BCUT2D eigenvalue weighted by molar-refractivity contribution is 0.0756. The zero-order valence-electron chi connectivity index (χ0n) is 15.6. The Hall–Kier alpha value is -2.67. The molecule has 0 radical (unpaired) electrons. The van der Waals surface area contributed by atoms with E-state index in [4.69, 9.17) is 4.74 Å². The molecule has 3 aromatic heterocycles. The van der Waals surface area contributed by atoms with Gasteiger partial charge in [0, 0.05) is 26.4 Å². The number of fused-ring (bicyclic) bond motifs is 2. The first kappa shape index (κ1) is 18.1. The number of hydrogen-bond donors (Lipinski definition) is 1. The molecule has 0 aliphatic carbocycles. The largest absolute Gasteiger partial charge is 0.379 e. The van der Waals surface area contributed by atoms with E-state index in [1.165, 1.54) is 4.40 Å². The fraction of sp³-hybridized carbons (Fsp3) is 0.421. The van der Waals surface area contributed by atoms with Crippen LogP contribution < -0.4 is 10.9 Å². The molecule has 26 heavy (non-hydrogen) atoms. The van der Waals surface area contributed by atoms with Crippen molar-refractivity contribution in [1.29, 1.82) is 0 Å². The highest BCUT2D eigenvalue weighted by atomic mass is 16.5. The molecule has 7 heteroatoms. The van der Waals surface area contributed by atoms with E-state index in [2.05, 4.69) is 10.3 Å². The van der Waals surface area contributed by atoms with Gasteiger partial charge >= 0.3 is 0 Å². The average Bonchev–Trinajstić information content (AvgIpc) is 2.92. The highest BCUT2D eigenvalue weighted by molar-refractivity contribution is 5.98. The van der Waals surface area contributed by atoms with E-state index in [1.807, 2.05) is 26.8 Å². The van der Waals surface area contributed by atoms with Crippen molar-refractivity contribution in [1.82, 2.24) is 19.3 Å². The van der Waals surface area contributed by atoms with Crippen molar-refractivity contribution < 1.29 is 9.53 Å². The lowest BCUT2D eigenvalue weighted by Gasteiger charge is -2.08. The first-order chi connectivity index (χ1) is 12.4. The van der Waals surface area contributed by atoms with Gasteiger partial charge < -0.3 is 14.6 Å². The average molecular weight is 356 g/mol. The summed E-state index contributed by atoms with van der Waals surface area (Å²) in [4.78, 5) is 29.8. The molecular weight excluding hydrogens is 332 g/mol. The van der Waals surface area contributed by atoms with Crippen LogP contribution in [0.5, 0.6) is 0 Å². The summed E-state index contributed by atoms with van der Waals surface area (Å²) < 4.78 is 8.64. The van der Waals surface area contributed by atoms with E-state index in [-0.39, 0.29) is 17.6 Å². The van der Waals surface area contributed by atoms with Crippen LogP contribution in [0.25, 0.3) is 16.7 Å². The van der Waals surface area contributed by atoms with Gasteiger partial charge in [0.05, 0.1) is 11.5 Å². The van der Waals surface area contributed by atoms with Gasteiger partial charge in [-0.1, -0.05) is 6.07 Å². The Balaban J connectivity index is 1.87. The van der Waals surface area contributed by atoms with Crippen molar-refractivity contribution in [2.24, 2.45) is 7.05 Å². The molecule has 0 unspecified atom stereocenters. The SMILES string of the molecule is Cc1ccc2nc3c(cc(C(=O)NCCCOC(C)C)n3C)c(=O)n2c1. The second-order valence-corrected chi connectivity index (χ2v) is 6.71. The van der Waals surface area contributed by atoms with Crippen molar-refractivity contribution >= 4 is 22.6 Å². The van der Waals surface area contributed by atoms with Crippen LogP contribution in [-0.2, 0) is 11.8 Å². The quantitative estimate of drug-likeness (QED) is 0.686. The molecule has 0 saturated heterocycles. The van der Waals surface area contributed by atoms with Crippen LogP contribution in [0.2, 0.25) is 0 Å². The Labute approximate surface area is 151 Å². The van der Waals surface area contributed by atoms with Gasteiger partial charge in [-0.3, -0.25) is 14.0 Å². The molecule has 0 fully saturated rings. The smallest absolute Gasteiger partial charge is 0.267 e. The molecule has 0 aliphatic heterocycles. The zero-order chi connectivity index (χ0) is 18.8. The fourth-order valence-corrected chi connectivity index (χ4v) is 2.88. The normalized spacial score (nSPS) is 11.6. The summed E-state index contributed by atoms with van der Waals surface area (Å²) in [6.45, 7) is 6.99. The van der Waals surface area contributed by atoms with Crippen molar-refractivity contribution in [2.75, 3.05) is 13.2 Å². The van der Waals surface area contributed by atoms with Crippen LogP contribution in [0, 0.1) is 6.92 Å². The van der Waals surface area contributed by atoms with Gasteiger partial charge in [0.1, 0.15) is 17.0 Å².